The molecule has 0 saturated carbocycles. The fourth-order valence-corrected chi connectivity index (χ4v) is 3.63. The van der Waals surface area contributed by atoms with Crippen LogP contribution in [-0.4, -0.2) is 37.3 Å². The first-order valence-electron chi connectivity index (χ1n) is 6.68. The number of sulfonamides is 1. The van der Waals surface area contributed by atoms with Crippen LogP contribution in [0.3, 0.4) is 0 Å². The van der Waals surface area contributed by atoms with Gasteiger partial charge in [-0.2, -0.15) is 17.9 Å². The molecule has 0 fully saturated rings. The van der Waals surface area contributed by atoms with Gasteiger partial charge >= 0.3 is 12.1 Å². The van der Waals surface area contributed by atoms with E-state index in [1.807, 2.05) is 0 Å². The molecular weight excluding hydrogens is 337 g/mol. The van der Waals surface area contributed by atoms with Crippen molar-refractivity contribution in [1.82, 2.24) is 9.29 Å². The van der Waals surface area contributed by atoms with Crippen LogP contribution in [-0.2, 0) is 21.8 Å². The van der Waals surface area contributed by atoms with Crippen LogP contribution in [0.25, 0.3) is 0 Å². The van der Waals surface area contributed by atoms with E-state index in [2.05, 4.69) is 0 Å². The van der Waals surface area contributed by atoms with Crippen molar-refractivity contribution in [3.05, 3.63) is 17.5 Å². The zero-order valence-electron chi connectivity index (χ0n) is 13.4. The number of carbonyl (C=O) groups is 1. The number of aromatic nitrogens is 1. The molecule has 10 heteroatoms. The number of hydrogen-bond acceptors (Lipinski definition) is 4. The van der Waals surface area contributed by atoms with Crippen LogP contribution < -0.4 is 4.72 Å². The molecule has 6 nitrogen and oxygen atoms in total. The number of hydrogen-bond donors (Lipinski definition) is 1. The number of ether oxygens (including phenoxy) is 1. The van der Waals surface area contributed by atoms with Gasteiger partial charge < -0.3 is 9.30 Å². The third-order valence-corrected chi connectivity index (χ3v) is 5.01. The third-order valence-electron chi connectivity index (χ3n) is 3.24. The highest BCUT2D eigenvalue weighted by atomic mass is 32.2. The lowest BCUT2D eigenvalue weighted by atomic mass is 10.1. The normalized spacial score (nSPS) is 13.2. The Morgan fingerprint density at radius 2 is 1.87 bits per heavy atom. The minimum Gasteiger partial charge on any atom is -0.461 e. The van der Waals surface area contributed by atoms with Crippen LogP contribution in [0.2, 0.25) is 0 Å². The summed E-state index contributed by atoms with van der Waals surface area (Å²) < 4.78 is 70.9. The van der Waals surface area contributed by atoms with Crippen LogP contribution >= 0.6 is 0 Å². The number of aryl methyl sites for hydroxylation is 1. The van der Waals surface area contributed by atoms with E-state index in [0.717, 1.165) is 20.0 Å². The second-order valence-corrected chi connectivity index (χ2v) is 7.18. The van der Waals surface area contributed by atoms with Crippen molar-refractivity contribution >= 4 is 16.0 Å². The molecule has 1 aromatic heterocycles. The van der Waals surface area contributed by atoms with Crippen molar-refractivity contribution in [3.63, 3.8) is 0 Å². The van der Waals surface area contributed by atoms with Gasteiger partial charge in [0.25, 0.3) is 0 Å². The molecule has 0 saturated heterocycles. The first-order chi connectivity index (χ1) is 10.2. The van der Waals surface area contributed by atoms with Crippen molar-refractivity contribution in [2.45, 2.75) is 44.3 Å². The first kappa shape index (κ1) is 19.5. The molecule has 132 valence electrons. The zero-order chi connectivity index (χ0) is 18.2. The van der Waals surface area contributed by atoms with Crippen LogP contribution in [0.4, 0.5) is 13.2 Å². The average Bonchev–Trinajstić information content (AvgIpc) is 2.63. The van der Waals surface area contributed by atoms with Crippen LogP contribution in [0, 0.1) is 6.92 Å². The summed E-state index contributed by atoms with van der Waals surface area (Å²) in [7, 11) is -3.07. The van der Waals surface area contributed by atoms with E-state index < -0.39 is 32.6 Å². The van der Waals surface area contributed by atoms with Crippen molar-refractivity contribution in [2.75, 3.05) is 6.61 Å². The molecule has 0 atom stereocenters. The Morgan fingerprint density at radius 3 is 2.30 bits per heavy atom. The molecule has 0 bridgehead atoms. The molecule has 0 aromatic carbocycles. The maximum Gasteiger partial charge on any atom is 0.407 e. The van der Waals surface area contributed by atoms with E-state index >= 15 is 0 Å². The van der Waals surface area contributed by atoms with Gasteiger partial charge in [0, 0.05) is 18.8 Å². The van der Waals surface area contributed by atoms with Crippen molar-refractivity contribution in [2.24, 2.45) is 7.05 Å². The van der Waals surface area contributed by atoms with E-state index in [1.54, 1.807) is 11.6 Å². The molecular formula is C13H19F3N2O4S. The summed E-state index contributed by atoms with van der Waals surface area (Å²) in [6.45, 7) is 4.44. The average molecular weight is 356 g/mol. The number of alkyl halides is 3. The smallest absolute Gasteiger partial charge is 0.407 e. The molecule has 0 unspecified atom stereocenters. The van der Waals surface area contributed by atoms with Crippen LogP contribution in [0.5, 0.6) is 0 Å². The number of nitrogens with one attached hydrogen (secondary N) is 1. The fourth-order valence-electron chi connectivity index (χ4n) is 1.93. The minimum absolute atomic E-state index is 0.0245. The van der Waals surface area contributed by atoms with Crippen molar-refractivity contribution in [3.8, 4) is 0 Å². The van der Waals surface area contributed by atoms with Crippen molar-refractivity contribution < 1.29 is 31.1 Å². The SMILES string of the molecule is CCOC(=O)c1c(C)c(S(=O)(=O)NC(C)(C)C(F)(F)F)cn1C. The van der Waals surface area contributed by atoms with Gasteiger partial charge in [0.1, 0.15) is 16.1 Å². The van der Waals surface area contributed by atoms with Gasteiger partial charge in [0.05, 0.1) is 6.61 Å². The van der Waals surface area contributed by atoms with Crippen LogP contribution in [0.1, 0.15) is 36.8 Å². The topological polar surface area (TPSA) is 77.4 Å². The summed E-state index contributed by atoms with van der Waals surface area (Å²) in [5, 5.41) is 0. The molecule has 23 heavy (non-hydrogen) atoms. The molecule has 0 amide bonds. The summed E-state index contributed by atoms with van der Waals surface area (Å²) in [6.07, 6.45) is -3.69. The Morgan fingerprint density at radius 1 is 1.35 bits per heavy atom. The molecule has 0 spiro atoms. The molecule has 1 rings (SSSR count). The third kappa shape index (κ3) is 3.86. The van der Waals surface area contributed by atoms with Gasteiger partial charge in [-0.15, -0.1) is 0 Å². The number of halogens is 3. The highest BCUT2D eigenvalue weighted by Gasteiger charge is 2.50. The quantitative estimate of drug-likeness (QED) is 0.820. The summed E-state index contributed by atoms with van der Waals surface area (Å²) in [5.41, 5.74) is -2.66. The van der Waals surface area contributed by atoms with E-state index in [4.69, 9.17) is 4.74 Å². The standard InChI is InChI=1S/C13H19F3N2O4S/c1-6-22-11(19)10-8(2)9(7-18(10)5)23(20,21)17-12(3,4)13(14,15)16/h7,17H,6H2,1-5H3. The fraction of sp³-hybridized carbons (Fsp3) is 0.615. The van der Waals surface area contributed by atoms with E-state index in [9.17, 15) is 26.4 Å². The van der Waals surface area contributed by atoms with Gasteiger partial charge in [0.2, 0.25) is 10.0 Å². The monoisotopic (exact) mass is 356 g/mol. The summed E-state index contributed by atoms with van der Waals surface area (Å²) in [6, 6.07) is 0. The van der Waals surface area contributed by atoms with Gasteiger partial charge in [-0.1, -0.05) is 0 Å². The number of esters is 1. The lowest BCUT2D eigenvalue weighted by Crippen LogP contribution is -2.54. The summed E-state index contributed by atoms with van der Waals surface area (Å²) in [4.78, 5) is 11.4. The number of carbonyl (C=O) groups excluding carboxylic acids is 1. The second-order valence-electron chi connectivity index (χ2n) is 5.53. The molecule has 0 aliphatic carbocycles. The van der Waals surface area contributed by atoms with E-state index in [0.29, 0.717) is 0 Å². The predicted molar refractivity (Wildman–Crippen MR) is 76.6 cm³/mol. The molecule has 0 radical (unpaired) electrons. The van der Waals surface area contributed by atoms with Gasteiger partial charge in [-0.3, -0.25) is 0 Å². The molecule has 1 N–H and O–H groups in total. The maximum absolute atomic E-state index is 12.9. The van der Waals surface area contributed by atoms with Crippen LogP contribution in [0.15, 0.2) is 11.1 Å². The lowest BCUT2D eigenvalue weighted by Gasteiger charge is -2.28. The Kier molecular flexibility index (Phi) is 5.22. The zero-order valence-corrected chi connectivity index (χ0v) is 14.2. The van der Waals surface area contributed by atoms with Gasteiger partial charge in [-0.25, -0.2) is 13.2 Å². The van der Waals surface area contributed by atoms with E-state index in [1.165, 1.54) is 18.5 Å². The first-order valence-corrected chi connectivity index (χ1v) is 8.16. The molecule has 1 heterocycles. The Balaban J connectivity index is 3.32. The van der Waals surface area contributed by atoms with Gasteiger partial charge in [-0.05, 0) is 27.7 Å². The second kappa shape index (κ2) is 6.16. The Hall–Kier alpha value is -1.55. The summed E-state index contributed by atoms with van der Waals surface area (Å²) >= 11 is 0. The number of rotatable bonds is 5. The van der Waals surface area contributed by atoms with Gasteiger partial charge in [0.15, 0.2) is 0 Å². The maximum atomic E-state index is 12.9. The predicted octanol–water partition coefficient (Wildman–Crippen LogP) is 2.13. The largest absolute Gasteiger partial charge is 0.461 e. The Bertz CT molecular complexity index is 706. The minimum atomic E-state index is -4.77. The highest BCUT2D eigenvalue weighted by Crippen LogP contribution is 2.32. The van der Waals surface area contributed by atoms with E-state index in [-0.39, 0.29) is 17.9 Å². The Labute approximate surface area is 132 Å². The number of nitrogens with zero attached hydrogens (tertiary/aromatic N) is 1. The van der Waals surface area contributed by atoms with Crippen molar-refractivity contribution in [1.29, 1.82) is 0 Å². The molecule has 1 aromatic rings. The molecule has 0 aliphatic rings. The summed E-state index contributed by atoms with van der Waals surface area (Å²) in [5.74, 6) is -0.746. The molecule has 0 aliphatic heterocycles. The highest BCUT2D eigenvalue weighted by molar-refractivity contribution is 7.89. The lowest BCUT2D eigenvalue weighted by molar-refractivity contribution is -0.180.